The zero-order valence-corrected chi connectivity index (χ0v) is 14.1. The van der Waals surface area contributed by atoms with E-state index in [1.807, 2.05) is 0 Å². The van der Waals surface area contributed by atoms with Gasteiger partial charge in [0.05, 0.1) is 5.69 Å². The van der Waals surface area contributed by atoms with E-state index >= 15 is 0 Å². The molecule has 0 saturated heterocycles. The van der Waals surface area contributed by atoms with Crippen LogP contribution in [-0.2, 0) is 22.6 Å². The van der Waals surface area contributed by atoms with Crippen molar-refractivity contribution in [1.82, 2.24) is 20.3 Å². The van der Waals surface area contributed by atoms with Crippen molar-refractivity contribution in [3.63, 3.8) is 0 Å². The number of benzene rings is 1. The van der Waals surface area contributed by atoms with Crippen LogP contribution < -0.4 is 16.8 Å². The molecule has 26 heavy (non-hydrogen) atoms. The van der Waals surface area contributed by atoms with Gasteiger partial charge in [-0.2, -0.15) is 0 Å². The maximum Gasteiger partial charge on any atom is 0.330 e. The Bertz CT molecular complexity index is 769. The Morgan fingerprint density at radius 2 is 2.00 bits per heavy atom. The summed E-state index contributed by atoms with van der Waals surface area (Å²) in [7, 11) is 0. The topological polar surface area (TPSA) is 162 Å². The van der Waals surface area contributed by atoms with Crippen molar-refractivity contribution in [2.24, 2.45) is 16.5 Å². The largest absolute Gasteiger partial charge is 0.479 e. The van der Waals surface area contributed by atoms with Gasteiger partial charge in [0, 0.05) is 12.7 Å². The van der Waals surface area contributed by atoms with Crippen molar-refractivity contribution in [2.45, 2.75) is 25.4 Å². The van der Waals surface area contributed by atoms with E-state index in [4.69, 9.17) is 11.5 Å². The maximum atomic E-state index is 12.1. The molecule has 0 aliphatic carbocycles. The predicted octanol–water partition coefficient (Wildman–Crippen LogP) is -0.574. The van der Waals surface area contributed by atoms with E-state index in [-0.39, 0.29) is 12.5 Å². The van der Waals surface area contributed by atoms with Crippen LogP contribution in [-0.4, -0.2) is 44.5 Å². The van der Waals surface area contributed by atoms with E-state index in [1.54, 1.807) is 36.5 Å². The summed E-state index contributed by atoms with van der Waals surface area (Å²) < 4.78 is 1.36. The number of rotatable bonds is 9. The molecule has 0 fully saturated rings. The molecule has 1 amide bonds. The third kappa shape index (κ3) is 5.89. The zero-order chi connectivity index (χ0) is 18.9. The maximum absolute atomic E-state index is 12.1. The monoisotopic (exact) mass is 359 g/mol. The van der Waals surface area contributed by atoms with Crippen LogP contribution in [0.25, 0.3) is 0 Å². The minimum atomic E-state index is -1.14. The van der Waals surface area contributed by atoms with Crippen molar-refractivity contribution in [3.05, 3.63) is 47.8 Å². The van der Waals surface area contributed by atoms with Crippen LogP contribution in [0.2, 0.25) is 0 Å². The second kappa shape index (κ2) is 9.16. The number of amides is 1. The molecule has 1 aromatic heterocycles. The summed E-state index contributed by atoms with van der Waals surface area (Å²) in [5.74, 6) is -1.57. The van der Waals surface area contributed by atoms with Crippen LogP contribution in [0.15, 0.2) is 41.5 Å². The molecule has 0 bridgehead atoms. The Morgan fingerprint density at radius 3 is 2.65 bits per heavy atom. The Balaban J connectivity index is 1.89. The standard InChI is InChI=1S/C16H21N7O3/c17-16(18)19-8-4-7-12-9-23(22-21-12)10-13(24)20-14(15(25)26)11-5-2-1-3-6-11/h1-3,5-6,9,14H,4,7-8,10H2,(H,20,24)(H,25,26)(H4,17,18,19)/t14-/m1/s1. The average Bonchev–Trinajstić information content (AvgIpc) is 3.04. The summed E-state index contributed by atoms with van der Waals surface area (Å²) >= 11 is 0. The number of carboxylic acid groups (broad SMARTS) is 1. The van der Waals surface area contributed by atoms with Gasteiger partial charge in [-0.1, -0.05) is 35.5 Å². The van der Waals surface area contributed by atoms with Crippen LogP contribution in [0.4, 0.5) is 0 Å². The number of nitrogens with one attached hydrogen (secondary N) is 1. The second-order valence-electron chi connectivity index (χ2n) is 5.57. The molecule has 0 aliphatic heterocycles. The number of carbonyl (C=O) groups excluding carboxylic acids is 1. The molecule has 0 unspecified atom stereocenters. The number of nitrogens with two attached hydrogens (primary N) is 2. The van der Waals surface area contributed by atoms with Crippen LogP contribution in [0.5, 0.6) is 0 Å². The summed E-state index contributed by atoms with van der Waals surface area (Å²) in [4.78, 5) is 27.4. The lowest BCUT2D eigenvalue weighted by Gasteiger charge is -2.14. The lowest BCUT2D eigenvalue weighted by Crippen LogP contribution is -2.36. The molecule has 10 heteroatoms. The Morgan fingerprint density at radius 1 is 1.27 bits per heavy atom. The predicted molar refractivity (Wildman–Crippen MR) is 94.0 cm³/mol. The van der Waals surface area contributed by atoms with Crippen molar-refractivity contribution in [1.29, 1.82) is 0 Å². The second-order valence-corrected chi connectivity index (χ2v) is 5.57. The number of aliphatic carboxylic acids is 1. The van der Waals surface area contributed by atoms with Crippen LogP contribution in [0.1, 0.15) is 23.7 Å². The van der Waals surface area contributed by atoms with E-state index in [2.05, 4.69) is 20.6 Å². The first-order valence-electron chi connectivity index (χ1n) is 7.97. The molecule has 10 nitrogen and oxygen atoms in total. The number of hydrogen-bond acceptors (Lipinski definition) is 5. The van der Waals surface area contributed by atoms with Gasteiger partial charge in [-0.05, 0) is 18.4 Å². The summed E-state index contributed by atoms with van der Waals surface area (Å²) in [6, 6.07) is 7.36. The van der Waals surface area contributed by atoms with E-state index in [9.17, 15) is 14.7 Å². The third-order valence-electron chi connectivity index (χ3n) is 3.46. The lowest BCUT2D eigenvalue weighted by molar-refractivity contribution is -0.142. The minimum absolute atomic E-state index is 0.0386. The zero-order valence-electron chi connectivity index (χ0n) is 14.1. The number of aliphatic imine (C=N–C) groups is 1. The number of nitrogens with zero attached hydrogens (tertiary/aromatic N) is 4. The average molecular weight is 359 g/mol. The van der Waals surface area contributed by atoms with Gasteiger partial charge in [-0.15, -0.1) is 5.10 Å². The van der Waals surface area contributed by atoms with Crippen molar-refractivity contribution in [3.8, 4) is 0 Å². The van der Waals surface area contributed by atoms with Gasteiger partial charge in [0.15, 0.2) is 12.0 Å². The van der Waals surface area contributed by atoms with Gasteiger partial charge in [0.25, 0.3) is 0 Å². The van der Waals surface area contributed by atoms with E-state index in [0.29, 0.717) is 30.6 Å². The van der Waals surface area contributed by atoms with Gasteiger partial charge < -0.3 is 21.9 Å². The van der Waals surface area contributed by atoms with E-state index in [1.165, 1.54) is 4.68 Å². The first kappa shape index (κ1) is 18.9. The molecule has 0 radical (unpaired) electrons. The molecule has 0 saturated carbocycles. The normalized spacial score (nSPS) is 11.5. The highest BCUT2D eigenvalue weighted by molar-refractivity contribution is 5.84. The number of carboxylic acids is 1. The summed E-state index contributed by atoms with van der Waals surface area (Å²) in [6.45, 7) is 0.352. The molecule has 1 atom stereocenters. The molecule has 6 N–H and O–H groups in total. The summed E-state index contributed by atoms with van der Waals surface area (Å²) in [5.41, 5.74) is 11.7. The minimum Gasteiger partial charge on any atom is -0.479 e. The van der Waals surface area contributed by atoms with Gasteiger partial charge in [-0.25, -0.2) is 9.48 Å². The van der Waals surface area contributed by atoms with Crippen LogP contribution >= 0.6 is 0 Å². The highest BCUT2D eigenvalue weighted by atomic mass is 16.4. The fraction of sp³-hybridized carbons (Fsp3) is 0.312. The number of guanidine groups is 1. The summed E-state index contributed by atoms with van der Waals surface area (Å²) in [5, 5.41) is 19.6. The first-order valence-corrected chi connectivity index (χ1v) is 7.97. The molecule has 1 heterocycles. The SMILES string of the molecule is NC(N)=NCCCc1cn(CC(=O)N[C@@H](C(=O)O)c2ccccc2)nn1. The number of aryl methyl sites for hydroxylation is 1. The molecule has 2 rings (SSSR count). The molecule has 1 aromatic carbocycles. The fourth-order valence-corrected chi connectivity index (χ4v) is 2.29. The van der Waals surface area contributed by atoms with Crippen LogP contribution in [0, 0.1) is 0 Å². The van der Waals surface area contributed by atoms with E-state index in [0.717, 1.165) is 0 Å². The van der Waals surface area contributed by atoms with Gasteiger partial charge in [0.1, 0.15) is 6.54 Å². The fourth-order valence-electron chi connectivity index (χ4n) is 2.29. The quantitative estimate of drug-likeness (QED) is 0.265. The van der Waals surface area contributed by atoms with Crippen molar-refractivity contribution in [2.75, 3.05) is 6.54 Å². The van der Waals surface area contributed by atoms with Gasteiger partial charge >= 0.3 is 5.97 Å². The van der Waals surface area contributed by atoms with Crippen LogP contribution in [0.3, 0.4) is 0 Å². The molecular formula is C16H21N7O3. The van der Waals surface area contributed by atoms with E-state index < -0.39 is 17.9 Å². The van der Waals surface area contributed by atoms with Gasteiger partial charge in [0.2, 0.25) is 5.91 Å². The molecule has 2 aromatic rings. The molecule has 138 valence electrons. The Labute approximate surface area is 149 Å². The molecule has 0 aliphatic rings. The summed E-state index contributed by atoms with van der Waals surface area (Å²) in [6.07, 6.45) is 2.94. The molecule has 0 spiro atoms. The Hall–Kier alpha value is -3.43. The highest BCUT2D eigenvalue weighted by Gasteiger charge is 2.22. The van der Waals surface area contributed by atoms with Gasteiger partial charge in [-0.3, -0.25) is 9.79 Å². The Kier molecular flexibility index (Phi) is 6.66. The number of aromatic nitrogens is 3. The number of carbonyl (C=O) groups is 2. The number of hydrogen-bond donors (Lipinski definition) is 4. The smallest absolute Gasteiger partial charge is 0.330 e. The molecular weight excluding hydrogens is 338 g/mol. The lowest BCUT2D eigenvalue weighted by atomic mass is 10.1. The third-order valence-corrected chi connectivity index (χ3v) is 3.46. The highest BCUT2D eigenvalue weighted by Crippen LogP contribution is 2.12. The van der Waals surface area contributed by atoms with Crippen molar-refractivity contribution >= 4 is 17.8 Å². The first-order chi connectivity index (χ1) is 12.5. The van der Waals surface area contributed by atoms with Crippen molar-refractivity contribution < 1.29 is 14.7 Å².